The molecule has 0 amide bonds. The first-order chi connectivity index (χ1) is 14.5. The number of nitrogens with zero attached hydrogens (tertiary/aromatic N) is 3. The first kappa shape index (κ1) is 21.9. The van der Waals surface area contributed by atoms with Crippen LogP contribution in [0.2, 0.25) is 0 Å². The highest BCUT2D eigenvalue weighted by Crippen LogP contribution is 2.30. The molecule has 6 nitrogen and oxygen atoms in total. The van der Waals surface area contributed by atoms with Crippen LogP contribution >= 0.6 is 0 Å². The zero-order valence-electron chi connectivity index (χ0n) is 17.1. The third-order valence-electron chi connectivity index (χ3n) is 3.89. The van der Waals surface area contributed by atoms with E-state index in [2.05, 4.69) is 31.4 Å². The van der Waals surface area contributed by atoms with Gasteiger partial charge in [0.15, 0.2) is 0 Å². The molecular formula is C22H20F3N5O. The lowest BCUT2D eigenvalue weighted by Gasteiger charge is -2.21. The Kier molecular flexibility index (Phi) is 6.02. The number of rotatable bonds is 5. The predicted octanol–water partition coefficient (Wildman–Crippen LogP) is 5.87. The van der Waals surface area contributed by atoms with Crippen molar-refractivity contribution in [3.63, 3.8) is 0 Å². The average molecular weight is 427 g/mol. The summed E-state index contributed by atoms with van der Waals surface area (Å²) in [6, 6.07) is 16.2. The lowest BCUT2D eigenvalue weighted by Crippen LogP contribution is -2.27. The van der Waals surface area contributed by atoms with Gasteiger partial charge in [-0.05, 0) is 45.0 Å². The molecule has 0 bridgehead atoms. The number of alkyl halides is 3. The largest absolute Gasteiger partial charge is 0.573 e. The van der Waals surface area contributed by atoms with Crippen molar-refractivity contribution in [1.29, 1.82) is 5.26 Å². The van der Waals surface area contributed by atoms with Crippen LogP contribution in [0, 0.1) is 11.3 Å². The van der Waals surface area contributed by atoms with E-state index in [1.807, 2.05) is 20.8 Å². The number of nitrogens with one attached hydrogen (secondary N) is 2. The summed E-state index contributed by atoms with van der Waals surface area (Å²) >= 11 is 0. The third-order valence-corrected chi connectivity index (χ3v) is 3.89. The second-order valence-electron chi connectivity index (χ2n) is 7.70. The zero-order chi connectivity index (χ0) is 22.6. The molecule has 0 unspecified atom stereocenters. The van der Waals surface area contributed by atoms with Crippen LogP contribution in [0.25, 0.3) is 11.3 Å². The molecule has 2 N–H and O–H groups in total. The molecule has 1 aromatic heterocycles. The molecule has 3 aromatic rings. The van der Waals surface area contributed by atoms with Crippen molar-refractivity contribution in [2.24, 2.45) is 0 Å². The monoisotopic (exact) mass is 427 g/mol. The van der Waals surface area contributed by atoms with E-state index in [1.54, 1.807) is 36.4 Å². The molecule has 9 heteroatoms. The van der Waals surface area contributed by atoms with Crippen LogP contribution in [-0.2, 0) is 0 Å². The van der Waals surface area contributed by atoms with E-state index >= 15 is 0 Å². The minimum absolute atomic E-state index is 0.282. The van der Waals surface area contributed by atoms with Crippen LogP contribution in [0.5, 0.6) is 5.75 Å². The van der Waals surface area contributed by atoms with E-state index < -0.39 is 6.36 Å². The molecule has 3 rings (SSSR count). The van der Waals surface area contributed by atoms with Crippen LogP contribution in [0.1, 0.15) is 26.3 Å². The van der Waals surface area contributed by atoms with Crippen LogP contribution in [0.4, 0.5) is 30.6 Å². The summed E-state index contributed by atoms with van der Waals surface area (Å²) in [5.74, 6) is 0.309. The summed E-state index contributed by atoms with van der Waals surface area (Å²) in [4.78, 5) is 8.89. The van der Waals surface area contributed by atoms with Crippen molar-refractivity contribution in [2.45, 2.75) is 32.7 Å². The number of para-hydroxylation sites is 1. The standard InChI is InChI=1S/C22H20F3N5O/c1-21(2,3)30-20-28-18(14-8-6-9-16(11-14)31-22(23,24)25)12-19(29-20)27-17-10-5-4-7-15(17)13-26/h4-12H,1-3H3,(H2,27,28,29,30). The summed E-state index contributed by atoms with van der Waals surface area (Å²) in [5.41, 5.74) is 1.41. The first-order valence-corrected chi connectivity index (χ1v) is 9.32. The molecule has 0 radical (unpaired) electrons. The fourth-order valence-electron chi connectivity index (χ4n) is 2.73. The molecule has 0 aliphatic rings. The molecule has 0 spiro atoms. The molecule has 1 heterocycles. The van der Waals surface area contributed by atoms with Crippen molar-refractivity contribution >= 4 is 17.5 Å². The van der Waals surface area contributed by atoms with E-state index in [-0.39, 0.29) is 17.2 Å². The van der Waals surface area contributed by atoms with E-state index in [1.165, 1.54) is 18.2 Å². The van der Waals surface area contributed by atoms with Crippen LogP contribution in [-0.4, -0.2) is 21.9 Å². The van der Waals surface area contributed by atoms with Gasteiger partial charge in [0.25, 0.3) is 0 Å². The lowest BCUT2D eigenvalue weighted by molar-refractivity contribution is -0.274. The number of ether oxygens (including phenoxy) is 1. The van der Waals surface area contributed by atoms with Crippen molar-refractivity contribution in [3.8, 4) is 23.1 Å². The summed E-state index contributed by atoms with van der Waals surface area (Å²) in [5, 5.41) is 15.6. The van der Waals surface area contributed by atoms with Gasteiger partial charge in [-0.3, -0.25) is 0 Å². The predicted molar refractivity (Wildman–Crippen MR) is 112 cm³/mol. The van der Waals surface area contributed by atoms with E-state index in [0.717, 1.165) is 0 Å². The SMILES string of the molecule is CC(C)(C)Nc1nc(Nc2ccccc2C#N)cc(-c2cccc(OC(F)(F)F)c2)n1. The molecule has 0 aliphatic heterocycles. The Morgan fingerprint density at radius 2 is 1.71 bits per heavy atom. The van der Waals surface area contributed by atoms with Gasteiger partial charge in [-0.1, -0.05) is 24.3 Å². The Hall–Kier alpha value is -3.80. The van der Waals surface area contributed by atoms with Crippen molar-refractivity contribution in [2.75, 3.05) is 10.6 Å². The highest BCUT2D eigenvalue weighted by Gasteiger charge is 2.31. The fraction of sp³-hybridized carbons (Fsp3) is 0.227. The third kappa shape index (κ3) is 6.34. The first-order valence-electron chi connectivity index (χ1n) is 9.32. The van der Waals surface area contributed by atoms with Crippen LogP contribution in [0.15, 0.2) is 54.6 Å². The second kappa shape index (κ2) is 8.52. The Balaban J connectivity index is 2.04. The molecule has 0 fully saturated rings. The summed E-state index contributed by atoms with van der Waals surface area (Å²) in [7, 11) is 0. The number of hydrogen-bond donors (Lipinski definition) is 2. The molecule has 160 valence electrons. The maximum atomic E-state index is 12.6. The molecule has 31 heavy (non-hydrogen) atoms. The van der Waals surface area contributed by atoms with Crippen LogP contribution < -0.4 is 15.4 Å². The highest BCUT2D eigenvalue weighted by molar-refractivity contribution is 5.70. The van der Waals surface area contributed by atoms with E-state index in [0.29, 0.717) is 28.3 Å². The number of aromatic nitrogens is 2. The minimum atomic E-state index is -4.79. The summed E-state index contributed by atoms with van der Waals surface area (Å²) in [6.45, 7) is 5.79. The van der Waals surface area contributed by atoms with Gasteiger partial charge in [0.05, 0.1) is 16.9 Å². The van der Waals surface area contributed by atoms with Crippen molar-refractivity contribution in [3.05, 3.63) is 60.2 Å². The number of hydrogen-bond acceptors (Lipinski definition) is 6. The van der Waals surface area contributed by atoms with Crippen molar-refractivity contribution < 1.29 is 17.9 Å². The maximum Gasteiger partial charge on any atom is 0.573 e. The number of benzene rings is 2. The van der Waals surface area contributed by atoms with Gasteiger partial charge >= 0.3 is 6.36 Å². The van der Waals surface area contributed by atoms with E-state index in [9.17, 15) is 18.4 Å². The molecule has 2 aromatic carbocycles. The number of nitriles is 1. The van der Waals surface area contributed by atoms with Gasteiger partial charge in [0.1, 0.15) is 17.6 Å². The normalized spacial score (nSPS) is 11.5. The smallest absolute Gasteiger partial charge is 0.406 e. The Morgan fingerprint density at radius 1 is 0.968 bits per heavy atom. The Morgan fingerprint density at radius 3 is 2.39 bits per heavy atom. The summed E-state index contributed by atoms with van der Waals surface area (Å²) < 4.78 is 41.8. The molecule has 0 saturated carbocycles. The molecule has 0 aliphatic carbocycles. The summed E-state index contributed by atoms with van der Waals surface area (Å²) in [6.07, 6.45) is -4.79. The topological polar surface area (TPSA) is 82.9 Å². The van der Waals surface area contributed by atoms with Crippen LogP contribution in [0.3, 0.4) is 0 Å². The second-order valence-corrected chi connectivity index (χ2v) is 7.70. The van der Waals surface area contributed by atoms with Gasteiger partial charge in [0, 0.05) is 17.2 Å². The quantitative estimate of drug-likeness (QED) is 0.530. The van der Waals surface area contributed by atoms with Crippen molar-refractivity contribution in [1.82, 2.24) is 9.97 Å². The minimum Gasteiger partial charge on any atom is -0.406 e. The maximum absolute atomic E-state index is 12.6. The zero-order valence-corrected chi connectivity index (χ0v) is 17.1. The Labute approximate surface area is 177 Å². The van der Waals surface area contributed by atoms with Gasteiger partial charge in [-0.15, -0.1) is 13.2 Å². The van der Waals surface area contributed by atoms with E-state index in [4.69, 9.17) is 0 Å². The highest BCUT2D eigenvalue weighted by atomic mass is 19.4. The molecule has 0 atom stereocenters. The number of anilines is 3. The van der Waals surface area contributed by atoms with Gasteiger partial charge in [0.2, 0.25) is 5.95 Å². The Bertz CT molecular complexity index is 1120. The molecular weight excluding hydrogens is 407 g/mol. The van der Waals surface area contributed by atoms with Gasteiger partial charge in [-0.2, -0.15) is 10.2 Å². The fourth-order valence-corrected chi connectivity index (χ4v) is 2.73. The van der Waals surface area contributed by atoms with Gasteiger partial charge < -0.3 is 15.4 Å². The van der Waals surface area contributed by atoms with Gasteiger partial charge in [-0.25, -0.2) is 4.98 Å². The average Bonchev–Trinajstić information content (AvgIpc) is 2.66. The molecule has 0 saturated heterocycles. The lowest BCUT2D eigenvalue weighted by atomic mass is 10.1. The number of halogens is 3.